The SMILES string of the molecule is CNC(=O)[C@H](C)N(Cc1ccc(OC)cc1)C(=O)CN(c1ccccc1)S(=O)(=O)c1ccc(C)cc1. The molecule has 0 aromatic heterocycles. The maximum absolute atomic E-state index is 13.7. The van der Waals surface area contributed by atoms with Crippen molar-refractivity contribution in [2.24, 2.45) is 0 Å². The fraction of sp³-hybridized carbons (Fsp3) is 0.259. The summed E-state index contributed by atoms with van der Waals surface area (Å²) in [6, 6.07) is 21.2. The monoisotopic (exact) mass is 509 g/mol. The summed E-state index contributed by atoms with van der Waals surface area (Å²) in [6.45, 7) is 3.12. The van der Waals surface area contributed by atoms with Crippen LogP contribution in [0.5, 0.6) is 5.75 Å². The van der Waals surface area contributed by atoms with Crippen molar-refractivity contribution in [1.82, 2.24) is 10.2 Å². The average molecular weight is 510 g/mol. The van der Waals surface area contributed by atoms with Crippen LogP contribution in [0.15, 0.2) is 83.8 Å². The van der Waals surface area contributed by atoms with E-state index >= 15 is 0 Å². The minimum Gasteiger partial charge on any atom is -0.497 e. The minimum atomic E-state index is -4.06. The second-order valence-electron chi connectivity index (χ2n) is 8.32. The molecule has 3 aromatic carbocycles. The Morgan fingerprint density at radius 2 is 1.56 bits per heavy atom. The molecule has 0 unspecified atom stereocenters. The zero-order valence-corrected chi connectivity index (χ0v) is 21.7. The van der Waals surface area contributed by atoms with Gasteiger partial charge in [0.15, 0.2) is 0 Å². The Morgan fingerprint density at radius 1 is 0.944 bits per heavy atom. The summed E-state index contributed by atoms with van der Waals surface area (Å²) in [6.07, 6.45) is 0. The number of carbonyl (C=O) groups excluding carboxylic acids is 2. The summed E-state index contributed by atoms with van der Waals surface area (Å²) in [7, 11) is -1.01. The summed E-state index contributed by atoms with van der Waals surface area (Å²) in [5, 5.41) is 2.57. The molecule has 36 heavy (non-hydrogen) atoms. The Morgan fingerprint density at radius 3 is 2.11 bits per heavy atom. The normalized spacial score (nSPS) is 11.9. The van der Waals surface area contributed by atoms with Crippen LogP contribution < -0.4 is 14.4 Å². The summed E-state index contributed by atoms with van der Waals surface area (Å²) in [5.74, 6) is -0.207. The Kier molecular flexibility index (Phi) is 8.71. The number of para-hydroxylation sites is 1. The van der Waals surface area contributed by atoms with Crippen LogP contribution in [-0.2, 0) is 26.2 Å². The molecule has 0 spiro atoms. The lowest BCUT2D eigenvalue weighted by Gasteiger charge is -2.31. The van der Waals surface area contributed by atoms with E-state index in [0.717, 1.165) is 15.4 Å². The molecule has 3 rings (SSSR count). The third kappa shape index (κ3) is 6.23. The van der Waals surface area contributed by atoms with Gasteiger partial charge in [-0.1, -0.05) is 48.0 Å². The lowest BCUT2D eigenvalue weighted by atomic mass is 10.1. The molecule has 0 aliphatic rings. The summed E-state index contributed by atoms with van der Waals surface area (Å²) < 4.78 is 33.6. The van der Waals surface area contributed by atoms with Crippen LogP contribution in [0, 0.1) is 6.92 Å². The van der Waals surface area contributed by atoms with Gasteiger partial charge < -0.3 is 15.0 Å². The highest BCUT2D eigenvalue weighted by Crippen LogP contribution is 2.25. The predicted octanol–water partition coefficient (Wildman–Crippen LogP) is 3.36. The number of amides is 2. The van der Waals surface area contributed by atoms with Gasteiger partial charge in [-0.2, -0.15) is 0 Å². The van der Waals surface area contributed by atoms with Gasteiger partial charge in [-0.15, -0.1) is 0 Å². The minimum absolute atomic E-state index is 0.0748. The molecule has 2 amide bonds. The Bertz CT molecular complexity index is 1280. The number of ether oxygens (including phenoxy) is 1. The van der Waals surface area contributed by atoms with E-state index in [0.29, 0.717) is 11.4 Å². The largest absolute Gasteiger partial charge is 0.497 e. The van der Waals surface area contributed by atoms with Gasteiger partial charge in [0, 0.05) is 13.6 Å². The first-order chi connectivity index (χ1) is 17.2. The van der Waals surface area contributed by atoms with Crippen LogP contribution in [0.3, 0.4) is 0 Å². The molecule has 1 N–H and O–H groups in total. The van der Waals surface area contributed by atoms with Crippen molar-refractivity contribution in [1.29, 1.82) is 0 Å². The van der Waals surface area contributed by atoms with Crippen molar-refractivity contribution in [3.63, 3.8) is 0 Å². The topological polar surface area (TPSA) is 96.0 Å². The molecular formula is C27H31N3O5S. The van der Waals surface area contributed by atoms with E-state index in [9.17, 15) is 18.0 Å². The van der Waals surface area contributed by atoms with Gasteiger partial charge in [0.2, 0.25) is 11.8 Å². The zero-order chi connectivity index (χ0) is 26.3. The van der Waals surface area contributed by atoms with E-state index in [1.165, 1.54) is 24.1 Å². The van der Waals surface area contributed by atoms with Gasteiger partial charge in [0.05, 0.1) is 17.7 Å². The molecule has 0 saturated heterocycles. The van der Waals surface area contributed by atoms with E-state index in [1.807, 2.05) is 6.92 Å². The van der Waals surface area contributed by atoms with Gasteiger partial charge in [0.1, 0.15) is 18.3 Å². The fourth-order valence-corrected chi connectivity index (χ4v) is 5.09. The molecule has 3 aromatic rings. The summed E-state index contributed by atoms with van der Waals surface area (Å²) >= 11 is 0. The molecule has 8 nitrogen and oxygen atoms in total. The second-order valence-corrected chi connectivity index (χ2v) is 10.2. The third-order valence-electron chi connectivity index (χ3n) is 5.86. The number of carbonyl (C=O) groups is 2. The van der Waals surface area contributed by atoms with Crippen molar-refractivity contribution >= 4 is 27.5 Å². The quantitative estimate of drug-likeness (QED) is 0.452. The molecule has 0 fully saturated rings. The van der Waals surface area contributed by atoms with E-state index in [4.69, 9.17) is 4.74 Å². The van der Waals surface area contributed by atoms with Crippen LogP contribution in [-0.4, -0.2) is 51.9 Å². The molecule has 0 saturated carbocycles. The molecule has 0 bridgehead atoms. The van der Waals surface area contributed by atoms with Crippen molar-refractivity contribution in [3.05, 3.63) is 90.0 Å². The maximum Gasteiger partial charge on any atom is 0.264 e. The summed E-state index contributed by atoms with van der Waals surface area (Å²) in [5.41, 5.74) is 2.04. The molecule has 1 atom stereocenters. The highest BCUT2D eigenvalue weighted by atomic mass is 32.2. The predicted molar refractivity (Wildman–Crippen MR) is 139 cm³/mol. The molecule has 0 heterocycles. The first-order valence-electron chi connectivity index (χ1n) is 11.5. The number of aryl methyl sites for hydroxylation is 1. The number of methoxy groups -OCH3 is 1. The number of rotatable bonds is 10. The number of sulfonamides is 1. The van der Waals surface area contributed by atoms with Crippen LogP contribution in [0.1, 0.15) is 18.1 Å². The van der Waals surface area contributed by atoms with Crippen molar-refractivity contribution in [3.8, 4) is 5.75 Å². The molecule has 0 aliphatic carbocycles. The first-order valence-corrected chi connectivity index (χ1v) is 12.9. The molecule has 9 heteroatoms. The number of likely N-dealkylation sites (N-methyl/N-ethyl adjacent to an activating group) is 1. The van der Waals surface area contributed by atoms with E-state index < -0.39 is 28.5 Å². The smallest absolute Gasteiger partial charge is 0.264 e. The number of anilines is 1. The Balaban J connectivity index is 1.98. The van der Waals surface area contributed by atoms with E-state index in [1.54, 1.807) is 80.8 Å². The number of benzene rings is 3. The van der Waals surface area contributed by atoms with Crippen molar-refractivity contribution < 1.29 is 22.7 Å². The number of nitrogens with zero attached hydrogens (tertiary/aromatic N) is 2. The van der Waals surface area contributed by atoms with Gasteiger partial charge in [0.25, 0.3) is 10.0 Å². The zero-order valence-electron chi connectivity index (χ0n) is 20.8. The lowest BCUT2D eigenvalue weighted by molar-refractivity contribution is -0.139. The maximum atomic E-state index is 13.7. The third-order valence-corrected chi connectivity index (χ3v) is 7.65. The molecule has 0 aliphatic heterocycles. The molecule has 190 valence electrons. The highest BCUT2D eigenvalue weighted by molar-refractivity contribution is 7.92. The number of nitrogens with one attached hydrogen (secondary N) is 1. The molecule has 0 radical (unpaired) electrons. The number of hydrogen-bond acceptors (Lipinski definition) is 5. The Hall–Kier alpha value is -3.85. The van der Waals surface area contributed by atoms with Crippen LogP contribution in [0.4, 0.5) is 5.69 Å². The molecular weight excluding hydrogens is 478 g/mol. The lowest BCUT2D eigenvalue weighted by Crippen LogP contribution is -2.50. The standard InChI is InChI=1S/C27H31N3O5S/c1-20-10-16-25(17-11-20)36(33,34)30(23-8-6-5-7-9-23)19-26(31)29(21(2)27(32)28-3)18-22-12-14-24(35-4)15-13-22/h5-17,21H,18-19H2,1-4H3,(H,28,32)/t21-/m0/s1. The second kappa shape index (κ2) is 11.7. The van der Waals surface area contributed by atoms with E-state index in [2.05, 4.69) is 5.32 Å². The number of hydrogen-bond donors (Lipinski definition) is 1. The van der Waals surface area contributed by atoms with Gasteiger partial charge in [-0.3, -0.25) is 13.9 Å². The van der Waals surface area contributed by atoms with Gasteiger partial charge in [-0.25, -0.2) is 8.42 Å². The fourth-order valence-electron chi connectivity index (χ4n) is 3.68. The van der Waals surface area contributed by atoms with Gasteiger partial charge in [-0.05, 0) is 55.8 Å². The van der Waals surface area contributed by atoms with E-state index in [-0.39, 0.29) is 17.3 Å². The van der Waals surface area contributed by atoms with Crippen molar-refractivity contribution in [2.75, 3.05) is 25.0 Å². The highest BCUT2D eigenvalue weighted by Gasteiger charge is 2.32. The summed E-state index contributed by atoms with van der Waals surface area (Å²) in [4.78, 5) is 27.6. The van der Waals surface area contributed by atoms with Crippen molar-refractivity contribution in [2.45, 2.75) is 31.3 Å². The van der Waals surface area contributed by atoms with Crippen LogP contribution >= 0.6 is 0 Å². The van der Waals surface area contributed by atoms with Crippen LogP contribution in [0.2, 0.25) is 0 Å². The first kappa shape index (κ1) is 26.7. The van der Waals surface area contributed by atoms with Crippen LogP contribution in [0.25, 0.3) is 0 Å². The van der Waals surface area contributed by atoms with Gasteiger partial charge >= 0.3 is 0 Å². The Labute approximate surface area is 212 Å². The average Bonchev–Trinajstić information content (AvgIpc) is 2.90.